The van der Waals surface area contributed by atoms with Crippen molar-refractivity contribution in [3.05, 3.63) is 36.0 Å². The first-order chi connectivity index (χ1) is 21.7. The zero-order chi connectivity index (χ0) is 33.9. The lowest BCUT2D eigenvalue weighted by Crippen LogP contribution is -2.53. The van der Waals surface area contributed by atoms with Gasteiger partial charge in [0.2, 0.25) is 11.9 Å². The van der Waals surface area contributed by atoms with Crippen molar-refractivity contribution in [1.29, 1.82) is 5.41 Å². The van der Waals surface area contributed by atoms with E-state index in [1.54, 1.807) is 46.4 Å². The number of benzene rings is 1. The molecule has 2 heterocycles. The van der Waals surface area contributed by atoms with Crippen molar-refractivity contribution >= 4 is 40.8 Å². The standard InChI is InChI=1S/C35H54N6O5/c1-8-9-10-11-12-13-14-15-21-40-23-20-25-18-19-26(24-28(25)40)29(36)37-30(42)27-17-16-22-41(27)31(38-32(43)45-34(2,3)4)39-33(44)46-35(5,6)7/h18-20,23-24,27H,8-17,21-22H2,1-7H3,(H2,36,37,42)(H,38,39,43,44)/t27-/m0/s1. The van der Waals surface area contributed by atoms with Crippen LogP contribution in [0.4, 0.5) is 9.59 Å². The van der Waals surface area contributed by atoms with Crippen molar-refractivity contribution in [2.24, 2.45) is 4.99 Å². The molecular weight excluding hydrogens is 584 g/mol. The van der Waals surface area contributed by atoms with Crippen molar-refractivity contribution in [1.82, 2.24) is 20.1 Å². The first-order valence-corrected chi connectivity index (χ1v) is 16.7. The number of rotatable bonds is 11. The van der Waals surface area contributed by atoms with Crippen LogP contribution in [0, 0.1) is 5.41 Å². The number of carbonyl (C=O) groups excluding carboxylic acids is 3. The van der Waals surface area contributed by atoms with Crippen LogP contribution in [-0.2, 0) is 20.8 Å². The highest BCUT2D eigenvalue weighted by molar-refractivity contribution is 6.10. The van der Waals surface area contributed by atoms with Gasteiger partial charge in [0.05, 0.1) is 0 Å². The molecule has 0 aliphatic carbocycles. The third-order valence-electron chi connectivity index (χ3n) is 7.59. The molecule has 1 saturated heterocycles. The maximum absolute atomic E-state index is 13.5. The minimum Gasteiger partial charge on any atom is -0.444 e. The van der Waals surface area contributed by atoms with E-state index in [0.717, 1.165) is 23.9 Å². The molecule has 3 rings (SSSR count). The van der Waals surface area contributed by atoms with Gasteiger partial charge in [-0.3, -0.25) is 15.5 Å². The Morgan fingerprint density at radius 1 is 0.913 bits per heavy atom. The molecule has 1 aliphatic rings. The van der Waals surface area contributed by atoms with E-state index in [-0.39, 0.29) is 11.8 Å². The third kappa shape index (κ3) is 11.8. The Morgan fingerprint density at radius 3 is 2.22 bits per heavy atom. The molecule has 0 bridgehead atoms. The average molecular weight is 639 g/mol. The van der Waals surface area contributed by atoms with Gasteiger partial charge in [0.1, 0.15) is 23.1 Å². The van der Waals surface area contributed by atoms with Gasteiger partial charge in [-0.2, -0.15) is 0 Å². The van der Waals surface area contributed by atoms with Gasteiger partial charge in [0.15, 0.2) is 0 Å². The summed E-state index contributed by atoms with van der Waals surface area (Å²) >= 11 is 0. The molecule has 0 saturated carbocycles. The number of amidine groups is 1. The SMILES string of the molecule is CCCCCCCCCCn1ccc2ccc(C(=N)NC(=O)[C@@H]3CCCN3C(=NC(=O)OC(C)(C)C)NC(=O)OC(C)(C)C)cc21. The Balaban J connectivity index is 1.68. The Hall–Kier alpha value is -3.89. The number of hydrogen-bond acceptors (Lipinski definition) is 6. The molecule has 1 aromatic carbocycles. The van der Waals surface area contributed by atoms with E-state index in [1.165, 1.54) is 44.9 Å². The van der Waals surface area contributed by atoms with E-state index in [9.17, 15) is 14.4 Å². The van der Waals surface area contributed by atoms with E-state index >= 15 is 0 Å². The third-order valence-corrected chi connectivity index (χ3v) is 7.59. The topological polar surface area (TPSA) is 138 Å². The number of aryl methyl sites for hydroxylation is 1. The van der Waals surface area contributed by atoms with Crippen molar-refractivity contribution in [2.75, 3.05) is 6.54 Å². The first-order valence-electron chi connectivity index (χ1n) is 16.7. The molecule has 0 radical (unpaired) electrons. The number of nitrogens with one attached hydrogen (secondary N) is 3. The van der Waals surface area contributed by atoms with Crippen LogP contribution >= 0.6 is 0 Å². The van der Waals surface area contributed by atoms with E-state index in [2.05, 4.69) is 39.4 Å². The fraction of sp³-hybridized carbons (Fsp3) is 0.629. The molecule has 1 fully saturated rings. The van der Waals surface area contributed by atoms with E-state index < -0.39 is 35.3 Å². The number of amides is 3. The zero-order valence-corrected chi connectivity index (χ0v) is 28.8. The highest BCUT2D eigenvalue weighted by Crippen LogP contribution is 2.21. The van der Waals surface area contributed by atoms with Gasteiger partial charge in [0.25, 0.3) is 0 Å². The summed E-state index contributed by atoms with van der Waals surface area (Å²) in [4.78, 5) is 44.4. The van der Waals surface area contributed by atoms with Crippen LogP contribution in [0.5, 0.6) is 0 Å². The summed E-state index contributed by atoms with van der Waals surface area (Å²) in [5.41, 5.74) is 0.0296. The minimum atomic E-state index is -0.902. The lowest BCUT2D eigenvalue weighted by molar-refractivity contribution is -0.123. The zero-order valence-electron chi connectivity index (χ0n) is 28.8. The van der Waals surface area contributed by atoms with Crippen LogP contribution < -0.4 is 10.6 Å². The quantitative estimate of drug-likeness (QED) is 0.132. The van der Waals surface area contributed by atoms with Gasteiger partial charge < -0.3 is 24.3 Å². The molecule has 1 aromatic heterocycles. The van der Waals surface area contributed by atoms with Gasteiger partial charge in [-0.15, -0.1) is 4.99 Å². The lowest BCUT2D eigenvalue weighted by Gasteiger charge is -2.28. The minimum absolute atomic E-state index is 0.0238. The predicted molar refractivity (Wildman–Crippen MR) is 182 cm³/mol. The van der Waals surface area contributed by atoms with Gasteiger partial charge in [0, 0.05) is 30.4 Å². The van der Waals surface area contributed by atoms with Gasteiger partial charge in [-0.1, -0.05) is 64.0 Å². The van der Waals surface area contributed by atoms with Crippen molar-refractivity contribution in [3.63, 3.8) is 0 Å². The predicted octanol–water partition coefficient (Wildman–Crippen LogP) is 7.50. The van der Waals surface area contributed by atoms with Crippen LogP contribution in [0.2, 0.25) is 0 Å². The van der Waals surface area contributed by atoms with Crippen molar-refractivity contribution < 1.29 is 23.9 Å². The van der Waals surface area contributed by atoms with E-state index in [0.29, 0.717) is 24.9 Å². The monoisotopic (exact) mass is 638 g/mol. The highest BCUT2D eigenvalue weighted by atomic mass is 16.6. The number of unbranched alkanes of at least 4 members (excludes halogenated alkanes) is 7. The Morgan fingerprint density at radius 2 is 1.57 bits per heavy atom. The summed E-state index contributed by atoms with van der Waals surface area (Å²) in [6.07, 6.45) is 11.5. The molecular formula is C35H54N6O5. The number of hydrogen-bond donors (Lipinski definition) is 3. The van der Waals surface area contributed by atoms with Crippen LogP contribution in [-0.4, -0.2) is 63.1 Å². The van der Waals surface area contributed by atoms with Crippen LogP contribution in [0.1, 0.15) is 118 Å². The molecule has 1 aliphatic heterocycles. The number of aliphatic imine (C=N–C) groups is 1. The molecule has 1 atom stereocenters. The normalized spacial score (nSPS) is 15.6. The summed E-state index contributed by atoms with van der Waals surface area (Å²) in [5, 5.41) is 15.1. The number of likely N-dealkylation sites (tertiary alicyclic amines) is 1. The molecule has 254 valence electrons. The Labute approximate surface area is 274 Å². The number of carbonyl (C=O) groups is 3. The average Bonchev–Trinajstić information content (AvgIpc) is 3.59. The summed E-state index contributed by atoms with van der Waals surface area (Å²) in [5.74, 6) is -0.586. The molecule has 3 amide bonds. The van der Waals surface area contributed by atoms with Gasteiger partial charge >= 0.3 is 12.2 Å². The lowest BCUT2D eigenvalue weighted by atomic mass is 10.1. The maximum atomic E-state index is 13.5. The maximum Gasteiger partial charge on any atom is 0.437 e. The molecule has 0 unspecified atom stereocenters. The number of nitrogens with zero attached hydrogens (tertiary/aromatic N) is 3. The number of aromatic nitrogens is 1. The molecule has 11 nitrogen and oxygen atoms in total. The first kappa shape index (κ1) is 36.6. The fourth-order valence-electron chi connectivity index (χ4n) is 5.45. The second kappa shape index (κ2) is 16.6. The smallest absolute Gasteiger partial charge is 0.437 e. The van der Waals surface area contributed by atoms with Crippen LogP contribution in [0.3, 0.4) is 0 Å². The summed E-state index contributed by atoms with van der Waals surface area (Å²) in [6, 6.07) is 7.04. The van der Waals surface area contributed by atoms with Crippen LogP contribution in [0.15, 0.2) is 35.5 Å². The van der Waals surface area contributed by atoms with E-state index in [4.69, 9.17) is 14.9 Å². The highest BCUT2D eigenvalue weighted by Gasteiger charge is 2.35. The number of guanidine groups is 1. The van der Waals surface area contributed by atoms with Crippen LogP contribution in [0.25, 0.3) is 10.9 Å². The molecule has 46 heavy (non-hydrogen) atoms. The molecule has 11 heteroatoms. The fourth-order valence-corrected chi connectivity index (χ4v) is 5.45. The molecule has 3 N–H and O–H groups in total. The van der Waals surface area contributed by atoms with Crippen molar-refractivity contribution in [2.45, 2.75) is 136 Å². The van der Waals surface area contributed by atoms with Gasteiger partial charge in [-0.05, 0) is 78.3 Å². The Bertz CT molecular complexity index is 1380. The molecule has 0 spiro atoms. The number of ether oxygens (including phenoxy) is 2. The largest absolute Gasteiger partial charge is 0.444 e. The molecule has 2 aromatic rings. The van der Waals surface area contributed by atoms with Crippen molar-refractivity contribution in [3.8, 4) is 0 Å². The summed E-state index contributed by atoms with van der Waals surface area (Å²) < 4.78 is 12.9. The summed E-state index contributed by atoms with van der Waals surface area (Å²) in [6.45, 7) is 13.8. The van der Waals surface area contributed by atoms with Gasteiger partial charge in [-0.25, -0.2) is 9.59 Å². The summed E-state index contributed by atoms with van der Waals surface area (Å²) in [7, 11) is 0. The second-order valence-electron chi connectivity index (χ2n) is 14.0. The second-order valence-corrected chi connectivity index (χ2v) is 14.0. The Kier molecular flexibility index (Phi) is 13.2. The van der Waals surface area contributed by atoms with E-state index in [1.807, 2.05) is 18.2 Å². The number of alkyl carbamates (subject to hydrolysis) is 1. The number of fused-ring (bicyclic) bond motifs is 1.